The number of imidazole rings is 1. The van der Waals surface area contributed by atoms with Gasteiger partial charge in [-0.3, -0.25) is 0 Å². The summed E-state index contributed by atoms with van der Waals surface area (Å²) in [5.41, 5.74) is 1.83. The van der Waals surface area contributed by atoms with E-state index in [1.807, 2.05) is 24.3 Å². The van der Waals surface area contributed by atoms with Crippen molar-refractivity contribution in [2.75, 3.05) is 0 Å². The first-order valence-corrected chi connectivity index (χ1v) is 8.20. The standard InChI is InChI=1S/C13H9BrCl2N2S/c14-8-4-5-19-11(8)7-18-12(6-15)17-10-3-1-2-9(16)13(10)18/h1-5H,6-7H2. The Labute approximate surface area is 133 Å². The minimum atomic E-state index is 0.369. The number of hydrogen-bond donors (Lipinski definition) is 0. The van der Waals surface area contributed by atoms with E-state index in [4.69, 9.17) is 23.2 Å². The summed E-state index contributed by atoms with van der Waals surface area (Å²) >= 11 is 17.6. The van der Waals surface area contributed by atoms with E-state index in [0.29, 0.717) is 10.9 Å². The summed E-state index contributed by atoms with van der Waals surface area (Å²) < 4.78 is 3.19. The van der Waals surface area contributed by atoms with Crippen LogP contribution in [-0.2, 0) is 12.4 Å². The number of aromatic nitrogens is 2. The Balaban J connectivity index is 2.18. The Morgan fingerprint density at radius 3 is 2.84 bits per heavy atom. The summed E-state index contributed by atoms with van der Waals surface area (Å²) in [5.74, 6) is 1.21. The van der Waals surface area contributed by atoms with Crippen LogP contribution < -0.4 is 0 Å². The van der Waals surface area contributed by atoms with Crippen molar-refractivity contribution in [1.29, 1.82) is 0 Å². The third-order valence-corrected chi connectivity index (χ3v) is 5.36. The zero-order valence-corrected chi connectivity index (χ0v) is 13.7. The SMILES string of the molecule is ClCc1nc2cccc(Cl)c2n1Cc1sccc1Br. The summed E-state index contributed by atoms with van der Waals surface area (Å²) in [7, 11) is 0. The molecule has 98 valence electrons. The number of hydrogen-bond acceptors (Lipinski definition) is 2. The molecule has 0 aliphatic carbocycles. The number of alkyl halides is 1. The van der Waals surface area contributed by atoms with Gasteiger partial charge in [-0.05, 0) is 39.5 Å². The molecule has 0 saturated heterocycles. The van der Waals surface area contributed by atoms with Gasteiger partial charge in [0.15, 0.2) is 0 Å². The minimum absolute atomic E-state index is 0.369. The van der Waals surface area contributed by atoms with Crippen LogP contribution in [0.2, 0.25) is 5.02 Å². The summed E-state index contributed by atoms with van der Waals surface area (Å²) in [6.07, 6.45) is 0. The molecule has 1 aromatic carbocycles. The zero-order valence-electron chi connectivity index (χ0n) is 9.74. The van der Waals surface area contributed by atoms with Gasteiger partial charge in [0.2, 0.25) is 0 Å². The molecule has 0 spiro atoms. The third-order valence-electron chi connectivity index (χ3n) is 2.91. The first-order valence-electron chi connectivity index (χ1n) is 5.62. The largest absolute Gasteiger partial charge is 0.320 e. The maximum absolute atomic E-state index is 6.30. The van der Waals surface area contributed by atoms with Crippen LogP contribution in [0.25, 0.3) is 11.0 Å². The third kappa shape index (κ3) is 2.42. The van der Waals surface area contributed by atoms with E-state index in [-0.39, 0.29) is 0 Å². The van der Waals surface area contributed by atoms with Crippen LogP contribution >= 0.6 is 50.5 Å². The molecule has 0 fully saturated rings. The molecule has 0 unspecified atom stereocenters. The number of halogens is 3. The minimum Gasteiger partial charge on any atom is -0.320 e. The van der Waals surface area contributed by atoms with Gasteiger partial charge in [0, 0.05) is 9.35 Å². The lowest BCUT2D eigenvalue weighted by atomic mass is 10.3. The molecule has 0 N–H and O–H groups in total. The molecule has 19 heavy (non-hydrogen) atoms. The van der Waals surface area contributed by atoms with Crippen molar-refractivity contribution in [3.05, 3.63) is 49.8 Å². The molecule has 2 nitrogen and oxygen atoms in total. The molecule has 2 heterocycles. The Bertz CT molecular complexity index is 735. The fraction of sp³-hybridized carbons (Fsp3) is 0.154. The maximum Gasteiger partial charge on any atom is 0.125 e. The summed E-state index contributed by atoms with van der Waals surface area (Å²) in [5, 5.41) is 2.76. The van der Waals surface area contributed by atoms with E-state index in [0.717, 1.165) is 27.9 Å². The van der Waals surface area contributed by atoms with E-state index < -0.39 is 0 Å². The summed E-state index contributed by atoms with van der Waals surface area (Å²) in [4.78, 5) is 5.77. The fourth-order valence-corrected chi connectivity index (χ4v) is 3.98. The maximum atomic E-state index is 6.30. The molecule has 6 heteroatoms. The molecule has 0 aliphatic heterocycles. The van der Waals surface area contributed by atoms with Crippen LogP contribution in [0.5, 0.6) is 0 Å². The highest BCUT2D eigenvalue weighted by atomic mass is 79.9. The van der Waals surface area contributed by atoms with E-state index in [1.54, 1.807) is 11.3 Å². The number of rotatable bonds is 3. The smallest absolute Gasteiger partial charge is 0.125 e. The Kier molecular flexibility index (Phi) is 3.85. The Morgan fingerprint density at radius 1 is 1.32 bits per heavy atom. The van der Waals surface area contributed by atoms with Crippen LogP contribution in [-0.4, -0.2) is 9.55 Å². The predicted molar refractivity (Wildman–Crippen MR) is 85.4 cm³/mol. The van der Waals surface area contributed by atoms with Crippen molar-refractivity contribution in [2.45, 2.75) is 12.4 Å². The second-order valence-corrected chi connectivity index (χ2v) is 6.58. The van der Waals surface area contributed by atoms with Crippen molar-refractivity contribution < 1.29 is 0 Å². The molecule has 0 atom stereocenters. The monoisotopic (exact) mass is 374 g/mol. The quantitative estimate of drug-likeness (QED) is 0.568. The van der Waals surface area contributed by atoms with Crippen LogP contribution in [0, 0.1) is 0 Å². The van der Waals surface area contributed by atoms with Crippen LogP contribution in [0.3, 0.4) is 0 Å². The molecule has 0 radical (unpaired) electrons. The molecule has 0 saturated carbocycles. The van der Waals surface area contributed by atoms with Crippen molar-refractivity contribution >= 4 is 61.5 Å². The molecule has 2 aromatic heterocycles. The van der Waals surface area contributed by atoms with Gasteiger partial charge in [-0.2, -0.15) is 0 Å². The van der Waals surface area contributed by atoms with Crippen molar-refractivity contribution in [3.63, 3.8) is 0 Å². The predicted octanol–water partition coefficient (Wildman–Crippen LogP) is 5.30. The molecule has 0 aliphatic rings. The van der Waals surface area contributed by atoms with Gasteiger partial charge in [0.1, 0.15) is 5.82 Å². The van der Waals surface area contributed by atoms with Gasteiger partial charge in [-0.25, -0.2) is 4.98 Å². The van der Waals surface area contributed by atoms with Gasteiger partial charge >= 0.3 is 0 Å². The summed E-state index contributed by atoms with van der Waals surface area (Å²) in [6, 6.07) is 7.78. The lowest BCUT2D eigenvalue weighted by Gasteiger charge is -2.07. The number of fused-ring (bicyclic) bond motifs is 1. The van der Waals surface area contributed by atoms with Crippen molar-refractivity contribution in [1.82, 2.24) is 9.55 Å². The molecule has 3 rings (SSSR count). The molecular formula is C13H9BrCl2N2S. The first kappa shape index (κ1) is 13.4. The first-order chi connectivity index (χ1) is 9.20. The van der Waals surface area contributed by atoms with E-state index in [9.17, 15) is 0 Å². The lowest BCUT2D eigenvalue weighted by molar-refractivity contribution is 0.787. The second-order valence-electron chi connectivity index (χ2n) is 4.05. The lowest BCUT2D eigenvalue weighted by Crippen LogP contribution is -2.03. The molecular weight excluding hydrogens is 367 g/mol. The van der Waals surface area contributed by atoms with Crippen molar-refractivity contribution in [2.24, 2.45) is 0 Å². The average Bonchev–Trinajstić information content (AvgIpc) is 2.96. The number of nitrogens with zero attached hydrogens (tertiary/aromatic N) is 2. The van der Waals surface area contributed by atoms with Crippen LogP contribution in [0.1, 0.15) is 10.7 Å². The van der Waals surface area contributed by atoms with E-state index >= 15 is 0 Å². The van der Waals surface area contributed by atoms with Gasteiger partial charge < -0.3 is 4.57 Å². The average molecular weight is 376 g/mol. The normalized spacial score (nSPS) is 11.3. The van der Waals surface area contributed by atoms with Gasteiger partial charge in [-0.15, -0.1) is 22.9 Å². The topological polar surface area (TPSA) is 17.8 Å². The number of para-hydroxylation sites is 1. The molecule has 0 amide bonds. The highest BCUT2D eigenvalue weighted by molar-refractivity contribution is 9.10. The highest BCUT2D eigenvalue weighted by Crippen LogP contribution is 2.29. The number of benzene rings is 1. The van der Waals surface area contributed by atoms with Gasteiger partial charge in [0.25, 0.3) is 0 Å². The van der Waals surface area contributed by atoms with Crippen LogP contribution in [0.4, 0.5) is 0 Å². The zero-order chi connectivity index (χ0) is 13.4. The summed E-state index contributed by atoms with van der Waals surface area (Å²) in [6.45, 7) is 0.723. The molecule has 3 aromatic rings. The van der Waals surface area contributed by atoms with Crippen molar-refractivity contribution in [3.8, 4) is 0 Å². The van der Waals surface area contributed by atoms with Gasteiger partial charge in [-0.1, -0.05) is 17.7 Å². The fourth-order valence-electron chi connectivity index (χ4n) is 2.04. The Hall–Kier alpha value is -0.550. The molecule has 0 bridgehead atoms. The van der Waals surface area contributed by atoms with Gasteiger partial charge in [0.05, 0.1) is 28.5 Å². The Morgan fingerprint density at radius 2 is 2.16 bits per heavy atom. The number of thiophene rings is 1. The highest BCUT2D eigenvalue weighted by Gasteiger charge is 2.14. The second kappa shape index (κ2) is 5.44. The van der Waals surface area contributed by atoms with E-state index in [2.05, 4.69) is 30.9 Å². The van der Waals surface area contributed by atoms with Crippen LogP contribution in [0.15, 0.2) is 34.1 Å². The van der Waals surface area contributed by atoms with E-state index in [1.165, 1.54) is 4.88 Å².